The number of likely N-dealkylation sites (tertiary alicyclic amines) is 1. The van der Waals surface area contributed by atoms with Crippen LogP contribution >= 0.6 is 0 Å². The number of carbonyl (C=O) groups is 2. The van der Waals surface area contributed by atoms with Crippen molar-refractivity contribution in [3.63, 3.8) is 0 Å². The summed E-state index contributed by atoms with van der Waals surface area (Å²) in [5.41, 5.74) is 0.432. The van der Waals surface area contributed by atoms with E-state index in [1.54, 1.807) is 13.8 Å². The van der Waals surface area contributed by atoms with Gasteiger partial charge in [0.05, 0.1) is 11.3 Å². The second-order valence-corrected chi connectivity index (χ2v) is 15.8. The quantitative estimate of drug-likeness (QED) is 0.150. The summed E-state index contributed by atoms with van der Waals surface area (Å²) in [5, 5.41) is 9.01. The molecule has 3 saturated heterocycles. The number of sulfonamides is 1. The van der Waals surface area contributed by atoms with Crippen molar-refractivity contribution < 1.29 is 46.8 Å². The third-order valence-electron chi connectivity index (χ3n) is 9.41. The predicted molar refractivity (Wildman–Crippen MR) is 184 cm³/mol. The molecule has 0 spiro atoms. The molecule has 1 aromatic carbocycles. The minimum atomic E-state index is -4.31. The van der Waals surface area contributed by atoms with Gasteiger partial charge in [0.25, 0.3) is 10.0 Å². The zero-order valence-corrected chi connectivity index (χ0v) is 30.5. The minimum absolute atomic E-state index is 0.0808. The molecule has 4 rings (SSSR count). The lowest BCUT2D eigenvalue weighted by Gasteiger charge is -2.31. The Balaban J connectivity index is 1.38. The molecule has 1 aromatic rings. The highest BCUT2D eigenvalue weighted by Gasteiger charge is 2.66. The molecule has 0 aliphatic carbocycles. The first kappa shape index (κ1) is 39.5. The lowest BCUT2D eigenvalue weighted by Crippen LogP contribution is -2.47. The highest BCUT2D eigenvalue weighted by molar-refractivity contribution is 7.90. The Bertz CT molecular complexity index is 1280. The molecule has 278 valence electrons. The molecular weight excluding hydrogens is 652 g/mol. The molecule has 0 radical (unpaired) electrons. The highest BCUT2D eigenvalue weighted by Crippen LogP contribution is 2.47. The monoisotopic (exact) mass is 710 g/mol. The normalized spacial score (nSPS) is 25.5. The molecule has 3 aliphatic heterocycles. The van der Waals surface area contributed by atoms with E-state index in [0.717, 1.165) is 51.6 Å². The van der Waals surface area contributed by atoms with Gasteiger partial charge in [-0.3, -0.25) is 4.79 Å². The summed E-state index contributed by atoms with van der Waals surface area (Å²) < 4.78 is 59.4. The van der Waals surface area contributed by atoms with Gasteiger partial charge in [-0.15, -0.1) is 0 Å². The van der Waals surface area contributed by atoms with E-state index < -0.39 is 52.0 Å². The van der Waals surface area contributed by atoms with Crippen LogP contribution < -0.4 is 4.72 Å². The summed E-state index contributed by atoms with van der Waals surface area (Å²) in [4.78, 5) is 26.3. The van der Waals surface area contributed by atoms with Crippen molar-refractivity contribution in [1.29, 1.82) is 0 Å². The first-order chi connectivity index (χ1) is 23.4. The maximum absolute atomic E-state index is 13.2. The van der Waals surface area contributed by atoms with Crippen LogP contribution in [0.2, 0.25) is 0 Å². The third-order valence-corrected chi connectivity index (χ3v) is 10.7. The zero-order valence-electron chi connectivity index (χ0n) is 29.7. The van der Waals surface area contributed by atoms with Crippen LogP contribution in [0.4, 0.5) is 4.79 Å². The Morgan fingerprint density at radius 1 is 0.918 bits per heavy atom. The molecular formula is C36H58N2O10S. The average molecular weight is 711 g/mol. The lowest BCUT2D eigenvalue weighted by molar-refractivity contribution is -0.279. The number of benzene rings is 1. The Kier molecular flexibility index (Phi) is 15.2. The van der Waals surface area contributed by atoms with Gasteiger partial charge in [-0.05, 0) is 63.9 Å². The number of nitrogens with one attached hydrogen (secondary N) is 1. The number of fused-ring (bicyclic) bond motifs is 1. The number of ether oxygens (including phenoxy) is 5. The van der Waals surface area contributed by atoms with Crippen LogP contribution in [0.25, 0.3) is 0 Å². The van der Waals surface area contributed by atoms with Crippen LogP contribution in [0.3, 0.4) is 0 Å². The average Bonchev–Trinajstić information content (AvgIpc) is 3.27. The Labute approximate surface area is 292 Å². The van der Waals surface area contributed by atoms with E-state index in [1.807, 2.05) is 4.72 Å². The molecule has 13 heteroatoms. The second kappa shape index (κ2) is 18.8. The molecule has 0 aromatic heterocycles. The molecule has 1 amide bonds. The molecule has 0 saturated carbocycles. The number of hydrogen-bond donors (Lipinski definition) is 2. The van der Waals surface area contributed by atoms with E-state index in [-0.39, 0.29) is 17.9 Å². The van der Waals surface area contributed by atoms with Crippen LogP contribution in [0.15, 0.2) is 29.2 Å². The van der Waals surface area contributed by atoms with Crippen LogP contribution in [-0.4, -0.2) is 93.2 Å². The van der Waals surface area contributed by atoms with E-state index in [1.165, 1.54) is 75.6 Å². The van der Waals surface area contributed by atoms with E-state index >= 15 is 0 Å². The molecule has 4 atom stereocenters. The lowest BCUT2D eigenvalue weighted by atomic mass is 10.0. The number of rotatable bonds is 20. The minimum Gasteiger partial charge on any atom is -0.481 e. The molecule has 3 aliphatic rings. The predicted octanol–water partition coefficient (Wildman–Crippen LogP) is 6.16. The van der Waals surface area contributed by atoms with Crippen molar-refractivity contribution in [2.75, 3.05) is 32.8 Å². The van der Waals surface area contributed by atoms with Crippen LogP contribution in [0.5, 0.6) is 0 Å². The van der Waals surface area contributed by atoms with E-state index in [0.29, 0.717) is 18.7 Å². The standard InChI is InChI=1S/C36H58N2O10S/c1-4-5-6-7-8-9-10-11-14-17-24-44-27-36-33(47-35(2,3)48-36)32(30(46-36)26-38-22-15-12-13-16-23-38)45-34(41)37-49(42,43)29-20-18-28(19-21-29)25-31(39)40/h18-21,30,32-33H,4-17,22-27H2,1-3H3,(H,37,41)(H,39,40)/t30-,32+,33-,36-/m0/s1. The fourth-order valence-corrected chi connectivity index (χ4v) is 7.88. The van der Waals surface area contributed by atoms with Crippen molar-refractivity contribution in [2.24, 2.45) is 0 Å². The van der Waals surface area contributed by atoms with E-state index in [4.69, 9.17) is 28.8 Å². The number of amides is 1. The second-order valence-electron chi connectivity index (χ2n) is 14.1. The largest absolute Gasteiger partial charge is 0.481 e. The zero-order chi connectivity index (χ0) is 35.3. The highest BCUT2D eigenvalue weighted by atomic mass is 32.2. The maximum atomic E-state index is 13.2. The fourth-order valence-electron chi connectivity index (χ4n) is 7.00. The molecule has 49 heavy (non-hydrogen) atoms. The maximum Gasteiger partial charge on any atom is 0.421 e. The van der Waals surface area contributed by atoms with Gasteiger partial charge in [0.1, 0.15) is 12.7 Å². The smallest absolute Gasteiger partial charge is 0.421 e. The molecule has 3 fully saturated rings. The number of carboxylic acids is 1. The first-order valence-corrected chi connectivity index (χ1v) is 19.8. The number of carboxylic acid groups (broad SMARTS) is 1. The Hall–Kier alpha value is -2.29. The van der Waals surface area contributed by atoms with Crippen molar-refractivity contribution in [3.8, 4) is 0 Å². The third kappa shape index (κ3) is 12.2. The SMILES string of the molecule is CCCCCCCCCCCCOC[C@@]12O[C@@H](CN3CCCCCC3)[C@@H](OC(=O)NS(=O)(=O)c3ccc(CC(=O)O)cc3)[C@@H]1OC(C)(C)O2. The van der Waals surface area contributed by atoms with Gasteiger partial charge in [-0.2, -0.15) is 0 Å². The number of aliphatic carboxylic acids is 1. The fraction of sp³-hybridized carbons (Fsp3) is 0.778. The molecule has 0 unspecified atom stereocenters. The van der Waals surface area contributed by atoms with Gasteiger partial charge in [-0.25, -0.2) is 17.9 Å². The Morgan fingerprint density at radius 3 is 2.14 bits per heavy atom. The van der Waals surface area contributed by atoms with Gasteiger partial charge in [0, 0.05) is 13.2 Å². The van der Waals surface area contributed by atoms with E-state index in [2.05, 4.69) is 11.8 Å². The van der Waals surface area contributed by atoms with Crippen molar-refractivity contribution in [2.45, 2.75) is 152 Å². The number of unbranched alkanes of at least 4 members (excludes halogenated alkanes) is 9. The summed E-state index contributed by atoms with van der Waals surface area (Å²) in [5.74, 6) is -3.42. The van der Waals surface area contributed by atoms with Crippen LogP contribution in [0.1, 0.15) is 116 Å². The molecule has 12 nitrogen and oxygen atoms in total. The molecule has 0 bridgehead atoms. The van der Waals surface area contributed by atoms with Gasteiger partial charge in [0.15, 0.2) is 18.0 Å². The first-order valence-electron chi connectivity index (χ1n) is 18.3. The van der Waals surface area contributed by atoms with Gasteiger partial charge < -0.3 is 33.7 Å². The summed E-state index contributed by atoms with van der Waals surface area (Å²) in [6.07, 6.45) is 12.7. The van der Waals surface area contributed by atoms with Crippen LogP contribution in [0, 0.1) is 0 Å². The summed E-state index contributed by atoms with van der Waals surface area (Å²) >= 11 is 0. The van der Waals surface area contributed by atoms with Crippen molar-refractivity contribution >= 4 is 22.1 Å². The summed E-state index contributed by atoms with van der Waals surface area (Å²) in [7, 11) is -4.31. The number of nitrogens with zero attached hydrogens (tertiary/aromatic N) is 1. The molecule has 2 N–H and O–H groups in total. The van der Waals surface area contributed by atoms with Crippen molar-refractivity contribution in [1.82, 2.24) is 9.62 Å². The van der Waals surface area contributed by atoms with E-state index in [9.17, 15) is 18.0 Å². The van der Waals surface area contributed by atoms with Crippen molar-refractivity contribution in [3.05, 3.63) is 29.8 Å². The summed E-state index contributed by atoms with van der Waals surface area (Å²) in [6, 6.07) is 5.29. The Morgan fingerprint density at radius 2 is 1.53 bits per heavy atom. The van der Waals surface area contributed by atoms with Gasteiger partial charge >= 0.3 is 12.1 Å². The van der Waals surface area contributed by atoms with Crippen LogP contribution in [-0.2, 0) is 44.9 Å². The van der Waals surface area contributed by atoms with Gasteiger partial charge in [0.2, 0.25) is 5.79 Å². The number of hydrogen-bond acceptors (Lipinski definition) is 10. The molecule has 3 heterocycles. The summed E-state index contributed by atoms with van der Waals surface area (Å²) in [6.45, 7) is 8.59. The topological polar surface area (TPSA) is 150 Å². The number of carbonyl (C=O) groups excluding carboxylic acids is 1. The van der Waals surface area contributed by atoms with Gasteiger partial charge in [-0.1, -0.05) is 89.7 Å².